The zero-order valence-electron chi connectivity index (χ0n) is 20.3. The lowest BCUT2D eigenvalue weighted by molar-refractivity contribution is -0.123. The Morgan fingerprint density at radius 2 is 1.90 bits per heavy atom. The third-order valence-corrected chi connectivity index (χ3v) is 10.7. The number of rotatable bonds is 6. The van der Waals surface area contributed by atoms with Crippen molar-refractivity contribution in [3.05, 3.63) is 11.6 Å². The SMILES string of the molecule is CCC(CC(=O)CC1CCC2C3CC=C4CC(O)CCC4(C)C3CCC12C)C(C)C. The van der Waals surface area contributed by atoms with Crippen LogP contribution in [0, 0.1) is 46.3 Å². The van der Waals surface area contributed by atoms with E-state index in [1.807, 2.05) is 0 Å². The Bertz CT molecular complexity index is 678. The van der Waals surface area contributed by atoms with Gasteiger partial charge in [-0.3, -0.25) is 4.79 Å². The number of fused-ring (bicyclic) bond motifs is 5. The fourth-order valence-electron chi connectivity index (χ4n) is 8.59. The molecule has 4 aliphatic carbocycles. The van der Waals surface area contributed by atoms with Gasteiger partial charge in [-0.25, -0.2) is 0 Å². The highest BCUT2D eigenvalue weighted by Crippen LogP contribution is 2.66. The first kappa shape index (κ1) is 22.6. The van der Waals surface area contributed by atoms with Gasteiger partial charge in [-0.2, -0.15) is 0 Å². The average Bonchev–Trinajstić information content (AvgIpc) is 3.02. The molecule has 4 rings (SSSR count). The molecule has 4 aliphatic rings. The maximum atomic E-state index is 13.0. The smallest absolute Gasteiger partial charge is 0.133 e. The summed E-state index contributed by atoms with van der Waals surface area (Å²) in [6, 6.07) is 0. The number of allylic oxidation sites excluding steroid dienone is 1. The van der Waals surface area contributed by atoms with Crippen LogP contribution in [0.1, 0.15) is 105 Å². The Labute approximate surface area is 185 Å². The molecule has 2 heteroatoms. The van der Waals surface area contributed by atoms with Crippen LogP contribution in [-0.2, 0) is 4.79 Å². The number of Topliss-reactive ketones (excluding diaryl/α,β-unsaturated/α-hetero) is 1. The van der Waals surface area contributed by atoms with Gasteiger partial charge in [-0.05, 0) is 97.7 Å². The van der Waals surface area contributed by atoms with Crippen molar-refractivity contribution in [1.29, 1.82) is 0 Å². The number of aliphatic hydroxyl groups excluding tert-OH is 1. The van der Waals surface area contributed by atoms with E-state index in [4.69, 9.17) is 0 Å². The molecule has 0 radical (unpaired) electrons. The van der Waals surface area contributed by atoms with Crippen LogP contribution in [0.2, 0.25) is 0 Å². The molecule has 2 nitrogen and oxygen atoms in total. The molecule has 0 aliphatic heterocycles. The van der Waals surface area contributed by atoms with E-state index in [1.54, 1.807) is 5.57 Å². The van der Waals surface area contributed by atoms with Gasteiger partial charge in [0.05, 0.1) is 6.10 Å². The van der Waals surface area contributed by atoms with E-state index in [1.165, 1.54) is 38.5 Å². The van der Waals surface area contributed by atoms with E-state index in [0.717, 1.165) is 49.9 Å². The summed E-state index contributed by atoms with van der Waals surface area (Å²) in [6.07, 6.45) is 14.7. The third-order valence-electron chi connectivity index (χ3n) is 10.7. The second-order valence-electron chi connectivity index (χ2n) is 12.3. The van der Waals surface area contributed by atoms with Gasteiger partial charge in [0.2, 0.25) is 0 Å². The predicted octanol–water partition coefficient (Wildman–Crippen LogP) is 6.96. The Morgan fingerprint density at radius 3 is 2.60 bits per heavy atom. The van der Waals surface area contributed by atoms with Gasteiger partial charge in [-0.15, -0.1) is 0 Å². The first-order valence-corrected chi connectivity index (χ1v) is 13.1. The molecule has 0 saturated heterocycles. The minimum absolute atomic E-state index is 0.116. The minimum atomic E-state index is -0.116. The van der Waals surface area contributed by atoms with Gasteiger partial charge >= 0.3 is 0 Å². The van der Waals surface area contributed by atoms with Crippen molar-refractivity contribution in [1.82, 2.24) is 0 Å². The maximum absolute atomic E-state index is 13.0. The van der Waals surface area contributed by atoms with Gasteiger partial charge in [0.15, 0.2) is 0 Å². The largest absolute Gasteiger partial charge is 0.393 e. The van der Waals surface area contributed by atoms with Crippen LogP contribution in [0.3, 0.4) is 0 Å². The monoisotopic (exact) mass is 414 g/mol. The second-order valence-corrected chi connectivity index (χ2v) is 12.3. The third kappa shape index (κ3) is 3.74. The predicted molar refractivity (Wildman–Crippen MR) is 124 cm³/mol. The van der Waals surface area contributed by atoms with E-state index in [0.29, 0.717) is 34.4 Å². The Morgan fingerprint density at radius 1 is 1.13 bits per heavy atom. The first-order chi connectivity index (χ1) is 14.2. The van der Waals surface area contributed by atoms with Crippen molar-refractivity contribution < 1.29 is 9.90 Å². The van der Waals surface area contributed by atoms with E-state index in [9.17, 15) is 9.90 Å². The molecular formula is C28H46O2. The van der Waals surface area contributed by atoms with E-state index in [-0.39, 0.29) is 6.10 Å². The molecule has 0 spiro atoms. The second kappa shape index (κ2) is 8.38. The van der Waals surface area contributed by atoms with Gasteiger partial charge in [0.1, 0.15) is 5.78 Å². The van der Waals surface area contributed by atoms with Gasteiger partial charge in [0.25, 0.3) is 0 Å². The van der Waals surface area contributed by atoms with Crippen molar-refractivity contribution in [2.75, 3.05) is 0 Å². The lowest BCUT2D eigenvalue weighted by Crippen LogP contribution is -2.50. The first-order valence-electron chi connectivity index (χ1n) is 13.1. The van der Waals surface area contributed by atoms with Gasteiger partial charge in [0, 0.05) is 12.8 Å². The van der Waals surface area contributed by atoms with Crippen molar-refractivity contribution in [3.8, 4) is 0 Å². The molecular weight excluding hydrogens is 368 g/mol. The summed E-state index contributed by atoms with van der Waals surface area (Å²) in [5.41, 5.74) is 2.25. The van der Waals surface area contributed by atoms with E-state index >= 15 is 0 Å². The quantitative estimate of drug-likeness (QED) is 0.477. The standard InChI is InChI=1S/C28H46O2/c1-6-19(18(2)3)15-23(30)17-21-8-10-25-24-9-7-20-16-22(29)11-13-27(20,4)26(24)12-14-28(21,25)5/h7,18-19,21-22,24-26,29H,6,8-17H2,1-5H3. The molecule has 170 valence electrons. The highest BCUT2D eigenvalue weighted by molar-refractivity contribution is 5.79. The van der Waals surface area contributed by atoms with Gasteiger partial charge < -0.3 is 5.11 Å². The topological polar surface area (TPSA) is 37.3 Å². The summed E-state index contributed by atoms with van der Waals surface area (Å²) in [6.45, 7) is 11.8. The van der Waals surface area contributed by atoms with E-state index in [2.05, 4.69) is 40.7 Å². The van der Waals surface area contributed by atoms with Gasteiger partial charge in [-0.1, -0.05) is 52.7 Å². The Hall–Kier alpha value is -0.630. The number of hydrogen-bond acceptors (Lipinski definition) is 2. The van der Waals surface area contributed by atoms with Crippen molar-refractivity contribution in [3.63, 3.8) is 0 Å². The van der Waals surface area contributed by atoms with Crippen LogP contribution < -0.4 is 0 Å². The molecule has 0 amide bonds. The molecule has 0 aromatic heterocycles. The van der Waals surface area contributed by atoms with Crippen molar-refractivity contribution in [2.45, 2.75) is 111 Å². The van der Waals surface area contributed by atoms with Crippen LogP contribution in [0.5, 0.6) is 0 Å². The van der Waals surface area contributed by atoms with Crippen LogP contribution >= 0.6 is 0 Å². The molecule has 8 unspecified atom stereocenters. The molecule has 3 saturated carbocycles. The number of carbonyl (C=O) groups is 1. The number of hydrogen-bond donors (Lipinski definition) is 1. The van der Waals surface area contributed by atoms with Crippen molar-refractivity contribution >= 4 is 5.78 Å². The van der Waals surface area contributed by atoms with E-state index < -0.39 is 0 Å². The van der Waals surface area contributed by atoms with Crippen molar-refractivity contribution in [2.24, 2.45) is 46.3 Å². The zero-order chi connectivity index (χ0) is 21.7. The molecule has 8 atom stereocenters. The summed E-state index contributed by atoms with van der Waals surface area (Å²) >= 11 is 0. The summed E-state index contributed by atoms with van der Waals surface area (Å²) in [4.78, 5) is 13.0. The average molecular weight is 415 g/mol. The highest BCUT2D eigenvalue weighted by atomic mass is 16.3. The van der Waals surface area contributed by atoms with Crippen LogP contribution in [-0.4, -0.2) is 17.0 Å². The number of aliphatic hydroxyl groups is 1. The lowest BCUT2D eigenvalue weighted by atomic mass is 9.47. The fraction of sp³-hybridized carbons (Fsp3) is 0.893. The summed E-state index contributed by atoms with van der Waals surface area (Å²) in [7, 11) is 0. The lowest BCUT2D eigenvalue weighted by Gasteiger charge is -2.58. The molecule has 30 heavy (non-hydrogen) atoms. The molecule has 0 heterocycles. The molecule has 0 bridgehead atoms. The molecule has 3 fully saturated rings. The maximum Gasteiger partial charge on any atom is 0.133 e. The van der Waals surface area contributed by atoms with Crippen LogP contribution in [0.15, 0.2) is 11.6 Å². The summed E-state index contributed by atoms with van der Waals surface area (Å²) in [5, 5.41) is 10.2. The zero-order valence-corrected chi connectivity index (χ0v) is 20.3. The molecule has 0 aromatic rings. The van der Waals surface area contributed by atoms with Crippen LogP contribution in [0.25, 0.3) is 0 Å². The Kier molecular flexibility index (Phi) is 6.30. The number of carbonyl (C=O) groups excluding carboxylic acids is 1. The molecule has 0 aromatic carbocycles. The normalized spacial score (nSPS) is 44.1. The van der Waals surface area contributed by atoms with Crippen LogP contribution in [0.4, 0.5) is 0 Å². The fourth-order valence-corrected chi connectivity index (χ4v) is 8.59. The Balaban J connectivity index is 1.47. The highest BCUT2D eigenvalue weighted by Gasteiger charge is 2.58. The molecule has 1 N–H and O–H groups in total. The summed E-state index contributed by atoms with van der Waals surface area (Å²) in [5.74, 6) is 4.69. The minimum Gasteiger partial charge on any atom is -0.393 e. The summed E-state index contributed by atoms with van der Waals surface area (Å²) < 4.78 is 0. The number of ketones is 1.